The van der Waals surface area contributed by atoms with Gasteiger partial charge in [0.05, 0.1) is 5.69 Å². The first-order chi connectivity index (χ1) is 13.8. The second-order valence-corrected chi connectivity index (χ2v) is 9.59. The van der Waals surface area contributed by atoms with Gasteiger partial charge < -0.3 is 15.1 Å². The van der Waals surface area contributed by atoms with Crippen molar-refractivity contribution in [2.24, 2.45) is 0 Å². The van der Waals surface area contributed by atoms with Crippen molar-refractivity contribution in [3.05, 3.63) is 52.5 Å². The second-order valence-electron chi connectivity index (χ2n) is 6.94. The standard InChI is InChI=1S/C20H25BrN4O3S/c1-3-22-29(27,28)19-14-15(20(26)23-17-7-5-16(21)6-8-17)4-9-18(19)25-12-10-24(2)11-13-25/h4-9,14,22H,3,10-13H2,1-2H3,(H,23,26). The summed E-state index contributed by atoms with van der Waals surface area (Å²) in [4.78, 5) is 17.1. The number of piperazine rings is 1. The third kappa shape index (κ3) is 5.36. The van der Waals surface area contributed by atoms with Gasteiger partial charge in [-0.15, -0.1) is 0 Å². The van der Waals surface area contributed by atoms with Crippen LogP contribution in [0.3, 0.4) is 0 Å². The van der Waals surface area contributed by atoms with Crippen LogP contribution in [-0.4, -0.2) is 59.0 Å². The van der Waals surface area contributed by atoms with Crippen molar-refractivity contribution in [2.75, 3.05) is 50.0 Å². The number of rotatable bonds is 6. The zero-order valence-corrected chi connectivity index (χ0v) is 18.9. The van der Waals surface area contributed by atoms with Gasteiger partial charge in [-0.2, -0.15) is 0 Å². The van der Waals surface area contributed by atoms with E-state index < -0.39 is 10.0 Å². The highest BCUT2D eigenvalue weighted by Gasteiger charge is 2.25. The molecule has 0 aromatic heterocycles. The third-order valence-corrected chi connectivity index (χ3v) is 6.90. The number of sulfonamides is 1. The highest BCUT2D eigenvalue weighted by Crippen LogP contribution is 2.28. The number of halogens is 1. The van der Waals surface area contributed by atoms with E-state index in [2.05, 4.69) is 35.8 Å². The summed E-state index contributed by atoms with van der Waals surface area (Å²) >= 11 is 3.36. The van der Waals surface area contributed by atoms with Gasteiger partial charge in [-0.25, -0.2) is 13.1 Å². The minimum atomic E-state index is -3.73. The van der Waals surface area contributed by atoms with Gasteiger partial charge in [0.1, 0.15) is 4.90 Å². The summed E-state index contributed by atoms with van der Waals surface area (Å²) in [6, 6.07) is 12.1. The van der Waals surface area contributed by atoms with E-state index >= 15 is 0 Å². The van der Waals surface area contributed by atoms with Crippen LogP contribution in [0.15, 0.2) is 51.8 Å². The molecule has 1 fully saturated rings. The van der Waals surface area contributed by atoms with Crippen molar-refractivity contribution in [1.29, 1.82) is 0 Å². The molecule has 2 aromatic rings. The number of nitrogens with one attached hydrogen (secondary N) is 2. The Labute approximate surface area is 180 Å². The van der Waals surface area contributed by atoms with Crippen molar-refractivity contribution in [3.8, 4) is 0 Å². The first-order valence-corrected chi connectivity index (χ1v) is 11.7. The Balaban J connectivity index is 1.93. The summed E-state index contributed by atoms with van der Waals surface area (Å²) in [6.45, 7) is 5.18. The number of amides is 1. The van der Waals surface area contributed by atoms with Crippen LogP contribution in [0.4, 0.5) is 11.4 Å². The van der Waals surface area contributed by atoms with Gasteiger partial charge in [0.25, 0.3) is 5.91 Å². The van der Waals surface area contributed by atoms with E-state index in [0.29, 0.717) is 16.9 Å². The maximum Gasteiger partial charge on any atom is 0.255 e. The Bertz CT molecular complexity index is 972. The van der Waals surface area contributed by atoms with Gasteiger partial charge >= 0.3 is 0 Å². The van der Waals surface area contributed by atoms with Crippen molar-refractivity contribution < 1.29 is 13.2 Å². The molecule has 3 rings (SSSR count). The molecular weight excluding hydrogens is 456 g/mol. The fraction of sp³-hybridized carbons (Fsp3) is 0.350. The second kappa shape index (κ2) is 9.25. The molecule has 156 valence electrons. The number of benzene rings is 2. The fourth-order valence-electron chi connectivity index (χ4n) is 3.18. The number of hydrogen-bond donors (Lipinski definition) is 2. The molecule has 0 atom stereocenters. The number of carbonyl (C=O) groups excluding carboxylic acids is 1. The minimum Gasteiger partial charge on any atom is -0.368 e. The summed E-state index contributed by atoms with van der Waals surface area (Å²) in [5.74, 6) is -0.356. The quantitative estimate of drug-likeness (QED) is 0.664. The summed E-state index contributed by atoms with van der Waals surface area (Å²) in [6.07, 6.45) is 0. The normalized spacial score (nSPS) is 15.3. The van der Waals surface area contributed by atoms with Crippen molar-refractivity contribution in [3.63, 3.8) is 0 Å². The highest BCUT2D eigenvalue weighted by atomic mass is 79.9. The molecule has 0 saturated carbocycles. The molecule has 0 spiro atoms. The molecular formula is C20H25BrN4O3S. The SMILES string of the molecule is CCNS(=O)(=O)c1cc(C(=O)Nc2ccc(Br)cc2)ccc1N1CCN(C)CC1. The van der Waals surface area contributed by atoms with Gasteiger partial charge in [-0.1, -0.05) is 22.9 Å². The number of carbonyl (C=O) groups is 1. The molecule has 0 bridgehead atoms. The monoisotopic (exact) mass is 480 g/mol. The Hall–Kier alpha value is -1.94. The number of nitrogens with zero attached hydrogens (tertiary/aromatic N) is 2. The van der Waals surface area contributed by atoms with Crippen LogP contribution in [0.25, 0.3) is 0 Å². The zero-order valence-electron chi connectivity index (χ0n) is 16.5. The molecule has 1 aliphatic rings. The predicted molar refractivity (Wildman–Crippen MR) is 119 cm³/mol. The first kappa shape index (κ1) is 21.8. The third-order valence-electron chi connectivity index (χ3n) is 4.79. The maximum absolute atomic E-state index is 12.8. The van der Waals surface area contributed by atoms with Crippen molar-refractivity contribution >= 4 is 43.2 Å². The molecule has 1 aliphatic heterocycles. The fourth-order valence-corrected chi connectivity index (χ4v) is 4.74. The molecule has 2 aromatic carbocycles. The summed E-state index contributed by atoms with van der Waals surface area (Å²) in [5.41, 5.74) is 1.55. The molecule has 0 aliphatic carbocycles. The maximum atomic E-state index is 12.8. The van der Waals surface area contributed by atoms with E-state index in [9.17, 15) is 13.2 Å². The van der Waals surface area contributed by atoms with E-state index in [4.69, 9.17) is 0 Å². The lowest BCUT2D eigenvalue weighted by atomic mass is 10.1. The number of anilines is 2. The van der Waals surface area contributed by atoms with Gasteiger partial charge in [-0.05, 0) is 49.5 Å². The molecule has 1 heterocycles. The Morgan fingerprint density at radius 1 is 1.07 bits per heavy atom. The smallest absolute Gasteiger partial charge is 0.255 e. The zero-order chi connectivity index (χ0) is 21.0. The van der Waals surface area contributed by atoms with Gasteiger partial charge in [0.2, 0.25) is 10.0 Å². The van der Waals surface area contributed by atoms with Crippen LogP contribution in [0.2, 0.25) is 0 Å². The van der Waals surface area contributed by atoms with Crippen LogP contribution in [0.5, 0.6) is 0 Å². The highest BCUT2D eigenvalue weighted by molar-refractivity contribution is 9.10. The summed E-state index contributed by atoms with van der Waals surface area (Å²) in [7, 11) is -1.68. The van der Waals surface area contributed by atoms with Gasteiger partial charge in [0, 0.05) is 48.4 Å². The Morgan fingerprint density at radius 3 is 2.34 bits per heavy atom. The molecule has 9 heteroatoms. The molecule has 1 amide bonds. The molecule has 0 unspecified atom stereocenters. The van der Waals surface area contributed by atoms with Crippen molar-refractivity contribution in [1.82, 2.24) is 9.62 Å². The van der Waals surface area contributed by atoms with Crippen LogP contribution < -0.4 is 14.9 Å². The predicted octanol–water partition coefficient (Wildman–Crippen LogP) is 2.75. The number of hydrogen-bond acceptors (Lipinski definition) is 5. The average molecular weight is 481 g/mol. The van der Waals surface area contributed by atoms with E-state index in [1.54, 1.807) is 31.2 Å². The largest absolute Gasteiger partial charge is 0.368 e. The van der Waals surface area contributed by atoms with Gasteiger partial charge in [-0.3, -0.25) is 4.79 Å². The average Bonchev–Trinajstić information content (AvgIpc) is 2.70. The Morgan fingerprint density at radius 2 is 1.72 bits per heavy atom. The van der Waals surface area contributed by atoms with Crippen LogP contribution in [0.1, 0.15) is 17.3 Å². The number of likely N-dealkylation sites (N-methyl/N-ethyl adjacent to an activating group) is 1. The molecule has 1 saturated heterocycles. The van der Waals surface area contributed by atoms with Crippen LogP contribution in [-0.2, 0) is 10.0 Å². The van der Waals surface area contributed by atoms with E-state index in [0.717, 1.165) is 30.7 Å². The van der Waals surface area contributed by atoms with E-state index in [1.807, 2.05) is 19.2 Å². The lowest BCUT2D eigenvalue weighted by molar-refractivity contribution is 0.102. The molecule has 7 nitrogen and oxygen atoms in total. The lowest BCUT2D eigenvalue weighted by Gasteiger charge is -2.35. The molecule has 2 N–H and O–H groups in total. The minimum absolute atomic E-state index is 0.132. The van der Waals surface area contributed by atoms with E-state index in [-0.39, 0.29) is 17.3 Å². The van der Waals surface area contributed by atoms with Crippen molar-refractivity contribution in [2.45, 2.75) is 11.8 Å². The van der Waals surface area contributed by atoms with Gasteiger partial charge in [0.15, 0.2) is 0 Å². The van der Waals surface area contributed by atoms with Crippen LogP contribution in [0, 0.1) is 0 Å². The molecule has 0 radical (unpaired) electrons. The lowest BCUT2D eigenvalue weighted by Crippen LogP contribution is -2.45. The summed E-state index contributed by atoms with van der Waals surface area (Å²) < 4.78 is 29.1. The van der Waals surface area contributed by atoms with E-state index in [1.165, 1.54) is 6.07 Å². The molecule has 29 heavy (non-hydrogen) atoms. The Kier molecular flexibility index (Phi) is 6.94. The first-order valence-electron chi connectivity index (χ1n) is 9.44. The van der Waals surface area contributed by atoms with Crippen LogP contribution >= 0.6 is 15.9 Å². The topological polar surface area (TPSA) is 81.7 Å². The summed E-state index contributed by atoms with van der Waals surface area (Å²) in [5, 5.41) is 2.81.